The summed E-state index contributed by atoms with van der Waals surface area (Å²) in [6.07, 6.45) is 2.69. The summed E-state index contributed by atoms with van der Waals surface area (Å²) in [7, 11) is 4.98. The summed E-state index contributed by atoms with van der Waals surface area (Å²) < 4.78 is 10.3. The smallest absolute Gasteiger partial charge is 0.230 e. The molecule has 1 aliphatic rings. The SMILES string of the molecule is COC(CN(C)C(=O)C1CCCc2ccccc21)OC. The molecule has 1 aromatic carbocycles. The number of ether oxygens (including phenoxy) is 2. The number of carbonyl (C=O) groups is 1. The Kier molecular flexibility index (Phi) is 5.15. The molecule has 1 amide bonds. The number of aryl methyl sites for hydroxylation is 1. The number of nitrogens with zero attached hydrogens (tertiary/aromatic N) is 1. The van der Waals surface area contributed by atoms with Gasteiger partial charge < -0.3 is 14.4 Å². The summed E-state index contributed by atoms with van der Waals surface area (Å²) in [5.41, 5.74) is 2.49. The van der Waals surface area contributed by atoms with Gasteiger partial charge in [0.25, 0.3) is 0 Å². The van der Waals surface area contributed by atoms with Crippen molar-refractivity contribution in [2.45, 2.75) is 31.5 Å². The Morgan fingerprint density at radius 1 is 1.35 bits per heavy atom. The van der Waals surface area contributed by atoms with Gasteiger partial charge in [-0.05, 0) is 30.4 Å². The lowest BCUT2D eigenvalue weighted by molar-refractivity contribution is -0.144. The van der Waals surface area contributed by atoms with E-state index < -0.39 is 0 Å². The molecule has 2 rings (SSSR count). The maximum absolute atomic E-state index is 12.6. The summed E-state index contributed by atoms with van der Waals surface area (Å²) in [5, 5.41) is 0. The molecule has 0 aromatic heterocycles. The third-order valence-electron chi connectivity index (χ3n) is 3.99. The fourth-order valence-corrected chi connectivity index (χ4v) is 2.84. The predicted octanol–water partition coefficient (Wildman–Crippen LogP) is 2.18. The quantitative estimate of drug-likeness (QED) is 0.774. The summed E-state index contributed by atoms with van der Waals surface area (Å²) in [4.78, 5) is 14.4. The molecule has 0 bridgehead atoms. The maximum atomic E-state index is 12.6. The molecular weight excluding hydrogens is 254 g/mol. The molecule has 0 saturated carbocycles. The normalized spacial score (nSPS) is 17.9. The van der Waals surface area contributed by atoms with Crippen LogP contribution in [0.4, 0.5) is 0 Å². The average Bonchev–Trinajstić information content (AvgIpc) is 2.51. The second kappa shape index (κ2) is 6.86. The van der Waals surface area contributed by atoms with Gasteiger partial charge in [-0.2, -0.15) is 0 Å². The monoisotopic (exact) mass is 277 g/mol. The Morgan fingerprint density at radius 3 is 2.75 bits per heavy atom. The standard InChI is InChI=1S/C16H23NO3/c1-17(11-15(19-2)20-3)16(18)14-10-6-8-12-7-4-5-9-13(12)14/h4-5,7,9,14-15H,6,8,10-11H2,1-3H3. The van der Waals surface area contributed by atoms with E-state index in [1.54, 1.807) is 19.1 Å². The van der Waals surface area contributed by atoms with Crippen LogP contribution in [0.15, 0.2) is 24.3 Å². The van der Waals surface area contributed by atoms with Crippen molar-refractivity contribution >= 4 is 5.91 Å². The first-order valence-electron chi connectivity index (χ1n) is 7.05. The van der Waals surface area contributed by atoms with E-state index in [4.69, 9.17) is 9.47 Å². The number of benzene rings is 1. The van der Waals surface area contributed by atoms with Crippen molar-refractivity contribution in [3.8, 4) is 0 Å². The van der Waals surface area contributed by atoms with E-state index in [1.165, 1.54) is 11.1 Å². The van der Waals surface area contributed by atoms with E-state index in [0.29, 0.717) is 6.54 Å². The molecule has 1 atom stereocenters. The fraction of sp³-hybridized carbons (Fsp3) is 0.562. The summed E-state index contributed by atoms with van der Waals surface area (Å²) in [6.45, 7) is 0.449. The van der Waals surface area contributed by atoms with Crippen molar-refractivity contribution in [1.82, 2.24) is 4.90 Å². The second-order valence-corrected chi connectivity index (χ2v) is 5.26. The molecule has 0 saturated heterocycles. The molecular formula is C16H23NO3. The number of methoxy groups -OCH3 is 2. The van der Waals surface area contributed by atoms with Crippen LogP contribution in [-0.2, 0) is 20.7 Å². The molecule has 4 heteroatoms. The zero-order valence-corrected chi connectivity index (χ0v) is 12.5. The fourth-order valence-electron chi connectivity index (χ4n) is 2.84. The molecule has 0 aliphatic heterocycles. The second-order valence-electron chi connectivity index (χ2n) is 5.26. The maximum Gasteiger partial charge on any atom is 0.230 e. The van der Waals surface area contributed by atoms with E-state index in [0.717, 1.165) is 19.3 Å². The van der Waals surface area contributed by atoms with E-state index >= 15 is 0 Å². The Labute approximate surface area is 120 Å². The summed E-state index contributed by atoms with van der Waals surface area (Å²) in [6, 6.07) is 8.26. The van der Waals surface area contributed by atoms with Crippen LogP contribution < -0.4 is 0 Å². The Balaban J connectivity index is 2.10. The van der Waals surface area contributed by atoms with Crippen LogP contribution in [0.3, 0.4) is 0 Å². The molecule has 110 valence electrons. The summed E-state index contributed by atoms with van der Waals surface area (Å²) >= 11 is 0. The highest BCUT2D eigenvalue weighted by atomic mass is 16.7. The molecule has 0 fully saturated rings. The van der Waals surface area contributed by atoms with Gasteiger partial charge in [-0.3, -0.25) is 4.79 Å². The van der Waals surface area contributed by atoms with Gasteiger partial charge in [0, 0.05) is 21.3 Å². The minimum Gasteiger partial charge on any atom is -0.354 e. The predicted molar refractivity (Wildman–Crippen MR) is 77.6 cm³/mol. The van der Waals surface area contributed by atoms with Gasteiger partial charge in [-0.1, -0.05) is 24.3 Å². The third-order valence-corrected chi connectivity index (χ3v) is 3.99. The molecule has 4 nitrogen and oxygen atoms in total. The van der Waals surface area contributed by atoms with Gasteiger partial charge in [0.05, 0.1) is 12.5 Å². The molecule has 0 spiro atoms. The van der Waals surface area contributed by atoms with Crippen LogP contribution in [0.25, 0.3) is 0 Å². The van der Waals surface area contributed by atoms with Crippen molar-refractivity contribution in [1.29, 1.82) is 0 Å². The number of hydrogen-bond donors (Lipinski definition) is 0. The Bertz CT molecular complexity index is 457. The number of fused-ring (bicyclic) bond motifs is 1. The van der Waals surface area contributed by atoms with Crippen LogP contribution in [0.2, 0.25) is 0 Å². The van der Waals surface area contributed by atoms with Crippen LogP contribution >= 0.6 is 0 Å². The minimum atomic E-state index is -0.372. The first kappa shape index (κ1) is 15.0. The van der Waals surface area contributed by atoms with Crippen molar-refractivity contribution in [3.05, 3.63) is 35.4 Å². The summed E-state index contributed by atoms with van der Waals surface area (Å²) in [5.74, 6) is 0.121. The lowest BCUT2D eigenvalue weighted by Crippen LogP contribution is -2.39. The minimum absolute atomic E-state index is 0.0284. The largest absolute Gasteiger partial charge is 0.354 e. The number of carbonyl (C=O) groups excluding carboxylic acids is 1. The van der Waals surface area contributed by atoms with Gasteiger partial charge in [-0.15, -0.1) is 0 Å². The Morgan fingerprint density at radius 2 is 2.05 bits per heavy atom. The number of amides is 1. The van der Waals surface area contributed by atoms with Gasteiger partial charge in [-0.25, -0.2) is 0 Å². The highest BCUT2D eigenvalue weighted by molar-refractivity contribution is 5.84. The first-order chi connectivity index (χ1) is 9.67. The highest BCUT2D eigenvalue weighted by Crippen LogP contribution is 2.32. The lowest BCUT2D eigenvalue weighted by atomic mass is 9.82. The number of hydrogen-bond acceptors (Lipinski definition) is 3. The molecule has 1 unspecified atom stereocenters. The van der Waals surface area contributed by atoms with E-state index in [1.807, 2.05) is 19.2 Å². The Hall–Kier alpha value is -1.39. The third kappa shape index (κ3) is 3.19. The molecule has 0 heterocycles. The van der Waals surface area contributed by atoms with Gasteiger partial charge in [0.1, 0.15) is 0 Å². The number of rotatable bonds is 5. The van der Waals surface area contributed by atoms with Crippen molar-refractivity contribution in [3.63, 3.8) is 0 Å². The van der Waals surface area contributed by atoms with Crippen LogP contribution in [0.5, 0.6) is 0 Å². The molecule has 20 heavy (non-hydrogen) atoms. The lowest BCUT2D eigenvalue weighted by Gasteiger charge is -2.30. The van der Waals surface area contributed by atoms with E-state index in [9.17, 15) is 4.79 Å². The van der Waals surface area contributed by atoms with Crippen LogP contribution in [0, 0.1) is 0 Å². The zero-order chi connectivity index (χ0) is 14.5. The topological polar surface area (TPSA) is 38.8 Å². The molecule has 0 N–H and O–H groups in total. The van der Waals surface area contributed by atoms with E-state index in [-0.39, 0.29) is 18.1 Å². The van der Waals surface area contributed by atoms with Crippen molar-refractivity contribution in [2.24, 2.45) is 0 Å². The van der Waals surface area contributed by atoms with Gasteiger partial charge >= 0.3 is 0 Å². The molecule has 1 aromatic rings. The van der Waals surface area contributed by atoms with Gasteiger partial charge in [0.15, 0.2) is 6.29 Å². The van der Waals surface area contributed by atoms with Gasteiger partial charge in [0.2, 0.25) is 5.91 Å². The van der Waals surface area contributed by atoms with E-state index in [2.05, 4.69) is 12.1 Å². The zero-order valence-electron chi connectivity index (χ0n) is 12.5. The average molecular weight is 277 g/mol. The highest BCUT2D eigenvalue weighted by Gasteiger charge is 2.29. The van der Waals surface area contributed by atoms with Crippen molar-refractivity contribution < 1.29 is 14.3 Å². The van der Waals surface area contributed by atoms with Crippen molar-refractivity contribution in [2.75, 3.05) is 27.8 Å². The first-order valence-corrected chi connectivity index (χ1v) is 7.05. The molecule has 0 radical (unpaired) electrons. The van der Waals surface area contributed by atoms with Crippen LogP contribution in [-0.4, -0.2) is 44.9 Å². The number of likely N-dealkylation sites (N-methyl/N-ethyl adjacent to an activating group) is 1. The molecule has 1 aliphatic carbocycles. The van der Waals surface area contributed by atoms with Crippen LogP contribution in [0.1, 0.15) is 29.9 Å².